The second-order valence-corrected chi connectivity index (χ2v) is 15.2. The van der Waals surface area contributed by atoms with Gasteiger partial charge >= 0.3 is 0 Å². The lowest BCUT2D eigenvalue weighted by Crippen LogP contribution is -2.29. The Morgan fingerprint density at radius 3 is 1.83 bits per heavy atom. The minimum Gasteiger partial charge on any atom is -0.252 e. The van der Waals surface area contributed by atoms with Crippen LogP contribution in [-0.4, -0.2) is 5.71 Å². The fourth-order valence-electron chi connectivity index (χ4n) is 9.68. The molecule has 0 bridgehead atoms. The van der Waals surface area contributed by atoms with Gasteiger partial charge in [-0.25, -0.2) is 0 Å². The summed E-state index contributed by atoms with van der Waals surface area (Å²) in [7, 11) is 0. The second-order valence-electron chi connectivity index (χ2n) is 15.2. The molecule has 54 heavy (non-hydrogen) atoms. The number of rotatable bonds is 2. The average molecular weight is 690 g/mol. The molecule has 0 fully saturated rings. The van der Waals surface area contributed by atoms with Crippen LogP contribution in [0.15, 0.2) is 156 Å². The summed E-state index contributed by atoms with van der Waals surface area (Å²) in [6.07, 6.45) is 14.6. The molecule has 2 aliphatic carbocycles. The molecule has 1 nitrogen and oxygen atoms in total. The van der Waals surface area contributed by atoms with Gasteiger partial charge < -0.3 is 0 Å². The van der Waals surface area contributed by atoms with Gasteiger partial charge in [-0.15, -0.1) is 0 Å². The molecule has 1 heterocycles. The molecule has 0 amide bonds. The highest BCUT2D eigenvalue weighted by atomic mass is 14.8. The van der Waals surface area contributed by atoms with Gasteiger partial charge in [0, 0.05) is 17.4 Å². The van der Waals surface area contributed by atoms with Crippen LogP contribution in [0.25, 0.3) is 83.1 Å². The molecule has 0 spiro atoms. The second kappa shape index (κ2) is 12.4. The van der Waals surface area contributed by atoms with Crippen LogP contribution in [-0.2, 0) is 6.42 Å². The highest BCUT2D eigenvalue weighted by Gasteiger charge is 2.24. The molecule has 11 rings (SSSR count). The van der Waals surface area contributed by atoms with Gasteiger partial charge in [0.1, 0.15) is 0 Å². The van der Waals surface area contributed by atoms with Crippen LogP contribution in [0.2, 0.25) is 0 Å². The number of hydrogen-bond donors (Lipinski definition) is 0. The summed E-state index contributed by atoms with van der Waals surface area (Å²) >= 11 is 0. The van der Waals surface area contributed by atoms with Crippen LogP contribution in [0, 0.1) is 0 Å². The van der Waals surface area contributed by atoms with E-state index in [9.17, 15) is 0 Å². The van der Waals surface area contributed by atoms with E-state index < -0.39 is 0 Å². The van der Waals surface area contributed by atoms with E-state index in [1.807, 2.05) is 0 Å². The Balaban J connectivity index is 1.19. The highest BCUT2D eigenvalue weighted by molar-refractivity contribution is 6.22. The van der Waals surface area contributed by atoms with E-state index in [1.165, 1.54) is 104 Å². The summed E-state index contributed by atoms with van der Waals surface area (Å²) in [5, 5.41) is 13.0. The molecule has 256 valence electrons. The normalized spacial score (nSPS) is 15.0. The fraction of sp³-hybridized carbons (Fsp3) is 0.113. The fourth-order valence-corrected chi connectivity index (χ4v) is 9.68. The first kappa shape index (κ1) is 31.2. The lowest BCUT2D eigenvalue weighted by atomic mass is 9.82. The molecule has 0 saturated carbocycles. The molecule has 0 atom stereocenters. The Hall–Kier alpha value is -6.31. The molecule has 0 aromatic heterocycles. The number of fused-ring (bicyclic) bond motifs is 11. The lowest BCUT2D eigenvalue weighted by Gasteiger charge is -2.21. The molecule has 8 aromatic carbocycles. The van der Waals surface area contributed by atoms with Crippen molar-refractivity contribution in [1.29, 1.82) is 0 Å². The van der Waals surface area contributed by atoms with Crippen molar-refractivity contribution in [3.63, 3.8) is 0 Å². The maximum absolute atomic E-state index is 5.58. The zero-order valence-electron chi connectivity index (χ0n) is 30.5. The summed E-state index contributed by atoms with van der Waals surface area (Å²) < 4.78 is 0. The Labute approximate surface area is 315 Å². The molecular weight excluding hydrogens is 651 g/mol. The van der Waals surface area contributed by atoms with E-state index >= 15 is 0 Å². The lowest BCUT2D eigenvalue weighted by molar-refractivity contribution is 1.01. The van der Waals surface area contributed by atoms with E-state index in [0.29, 0.717) is 0 Å². The van der Waals surface area contributed by atoms with E-state index in [2.05, 4.69) is 165 Å². The van der Waals surface area contributed by atoms with E-state index in [1.54, 1.807) is 0 Å². The van der Waals surface area contributed by atoms with Crippen LogP contribution in [0.5, 0.6) is 0 Å². The van der Waals surface area contributed by atoms with Crippen molar-refractivity contribution in [1.82, 2.24) is 0 Å². The van der Waals surface area contributed by atoms with E-state index in [0.717, 1.165) is 43.5 Å². The Morgan fingerprint density at radius 1 is 0.519 bits per heavy atom. The number of hydrogen-bond acceptors (Lipinski definition) is 1. The standard InChI is InChI=1S/C53H39N/c1-33-39-16-4-5-17-40(39)49-32-38(29-27-36(49)31-50-43-20-7-6-18-41(43)42-19-8-13-25-48(42)53(50)54-33)52-46-23-11-9-21-44(46)51(45-22-10-12-24-47(45)52)37-28-26-34-14-2-3-15-35(34)30-37/h2-3,5-7,9-12,14-15,17-30,32H,4,8,13,16,31H2,1H3. The van der Waals surface area contributed by atoms with Crippen LogP contribution >= 0.6 is 0 Å². The first-order valence-corrected chi connectivity index (χ1v) is 19.5. The van der Waals surface area contributed by atoms with Crippen LogP contribution in [0.3, 0.4) is 0 Å². The molecular formula is C53H39N. The van der Waals surface area contributed by atoms with Crippen LogP contribution in [0.4, 0.5) is 5.69 Å². The minimum atomic E-state index is 0.830. The van der Waals surface area contributed by atoms with Gasteiger partial charge in [-0.1, -0.05) is 146 Å². The van der Waals surface area contributed by atoms with Gasteiger partial charge in [0.15, 0.2) is 0 Å². The number of aliphatic imine (C=N–C) groups is 1. The van der Waals surface area contributed by atoms with Gasteiger partial charge in [-0.3, -0.25) is 4.99 Å². The number of allylic oxidation sites excluding steroid dienone is 4. The molecule has 0 radical (unpaired) electrons. The zero-order chi connectivity index (χ0) is 35.8. The summed E-state index contributed by atoms with van der Waals surface area (Å²) in [4.78, 5) is 5.58. The third-order valence-electron chi connectivity index (χ3n) is 12.1. The zero-order valence-corrected chi connectivity index (χ0v) is 30.5. The third-order valence-corrected chi connectivity index (χ3v) is 12.1. The van der Waals surface area contributed by atoms with Crippen molar-refractivity contribution in [3.05, 3.63) is 178 Å². The van der Waals surface area contributed by atoms with Crippen molar-refractivity contribution in [3.8, 4) is 22.3 Å². The Kier molecular flexibility index (Phi) is 7.17. The Morgan fingerprint density at radius 2 is 1.11 bits per heavy atom. The van der Waals surface area contributed by atoms with Crippen molar-refractivity contribution >= 4 is 72.2 Å². The smallest absolute Gasteiger partial charge is 0.0749 e. The highest BCUT2D eigenvalue weighted by Crippen LogP contribution is 2.46. The molecule has 1 heteroatoms. The molecule has 0 unspecified atom stereocenters. The van der Waals surface area contributed by atoms with Gasteiger partial charge in [0.25, 0.3) is 0 Å². The summed E-state index contributed by atoms with van der Waals surface area (Å²) in [5.41, 5.74) is 14.1. The van der Waals surface area contributed by atoms with Crippen LogP contribution < -0.4 is 10.4 Å². The molecule has 3 aliphatic rings. The summed E-state index contributed by atoms with van der Waals surface area (Å²) in [6.45, 7) is 2.24. The van der Waals surface area contributed by atoms with Gasteiger partial charge in [-0.2, -0.15) is 0 Å². The average Bonchev–Trinajstić information content (AvgIpc) is 3.28. The molecule has 8 aromatic rings. The first-order valence-electron chi connectivity index (χ1n) is 19.5. The van der Waals surface area contributed by atoms with Crippen molar-refractivity contribution in [2.75, 3.05) is 0 Å². The largest absolute Gasteiger partial charge is 0.252 e. The topological polar surface area (TPSA) is 12.4 Å². The first-order chi connectivity index (χ1) is 26.7. The van der Waals surface area contributed by atoms with Crippen molar-refractivity contribution in [2.45, 2.75) is 39.0 Å². The Bertz CT molecular complexity index is 3080. The van der Waals surface area contributed by atoms with E-state index in [-0.39, 0.29) is 0 Å². The monoisotopic (exact) mass is 689 g/mol. The number of benzene rings is 8. The number of nitrogens with zero attached hydrogens (tertiary/aromatic N) is 1. The SMILES string of the molecule is CC1=Nc2c(c3ccccc3c3c2=CCCC=3)Cc2ccc(-c3c4ccccc4c(-c4ccc5ccccc5c4)c4ccccc34)cc2C2=C1CCC=C2. The van der Waals surface area contributed by atoms with Gasteiger partial charge in [-0.05, 0) is 143 Å². The van der Waals surface area contributed by atoms with Crippen molar-refractivity contribution < 1.29 is 0 Å². The summed E-state index contributed by atoms with van der Waals surface area (Å²) in [6, 6.07) is 50.0. The minimum absolute atomic E-state index is 0.830. The molecule has 0 N–H and O–H groups in total. The van der Waals surface area contributed by atoms with Crippen LogP contribution in [0.1, 0.15) is 49.3 Å². The third kappa shape index (κ3) is 4.81. The summed E-state index contributed by atoms with van der Waals surface area (Å²) in [5.74, 6) is 0. The maximum atomic E-state index is 5.58. The molecule has 0 saturated heterocycles. The van der Waals surface area contributed by atoms with Gasteiger partial charge in [0.05, 0.1) is 5.69 Å². The quantitative estimate of drug-likeness (QED) is 0.160. The van der Waals surface area contributed by atoms with Crippen molar-refractivity contribution in [2.24, 2.45) is 4.99 Å². The predicted molar refractivity (Wildman–Crippen MR) is 232 cm³/mol. The van der Waals surface area contributed by atoms with Gasteiger partial charge in [0.2, 0.25) is 0 Å². The van der Waals surface area contributed by atoms with E-state index in [4.69, 9.17) is 4.99 Å². The maximum Gasteiger partial charge on any atom is 0.0749 e. The molecule has 1 aliphatic heterocycles. The predicted octanol–water partition coefficient (Wildman–Crippen LogP) is 12.8.